The molecule has 0 aliphatic heterocycles. The monoisotopic (exact) mass is 1850 g/mol. The summed E-state index contributed by atoms with van der Waals surface area (Å²) in [6.45, 7) is 37.1. The van der Waals surface area contributed by atoms with E-state index in [1.165, 1.54) is 17.2 Å². The van der Waals surface area contributed by atoms with Gasteiger partial charge in [-0.2, -0.15) is 10.5 Å². The first kappa shape index (κ1) is 91.0. The van der Waals surface area contributed by atoms with Gasteiger partial charge in [-0.05, 0) is 171 Å². The Morgan fingerprint density at radius 2 is 0.683 bits per heavy atom. The highest BCUT2D eigenvalue weighted by Crippen LogP contribution is 2.50. The molecular formula is C126H94FN10O5+5. The Hall–Kier alpha value is -18.8. The number of aryl methyl sites for hydroxylation is 12. The fraction of sp³-hybridized carbons (Fsp3) is 0.0952. The van der Waals surface area contributed by atoms with E-state index in [9.17, 15) is 14.9 Å². The minimum atomic E-state index is -0.554. The highest BCUT2D eigenvalue weighted by Gasteiger charge is 2.31. The number of hydrogen-bond donors (Lipinski definition) is 0. The number of furan rings is 5. The minimum absolute atomic E-state index is 0.0632. The molecule has 10 heterocycles. The molecule has 15 nitrogen and oxygen atoms in total. The number of aromatic nitrogens is 5. The van der Waals surface area contributed by atoms with Gasteiger partial charge in [0.25, 0.3) is 5.69 Å². The quantitative estimate of drug-likeness (QED) is 0.103. The lowest BCUT2D eigenvalue weighted by atomic mass is 9.95. The molecule has 0 amide bonds. The topological polar surface area (TPSA) is 146 Å². The van der Waals surface area contributed by atoms with Gasteiger partial charge in [0.1, 0.15) is 91.3 Å². The molecule has 0 aliphatic rings. The molecule has 0 aliphatic carbocycles. The number of benzene rings is 14. The van der Waals surface area contributed by atoms with Gasteiger partial charge in [-0.15, -0.1) is 0 Å². The van der Waals surface area contributed by atoms with Gasteiger partial charge in [-0.1, -0.05) is 200 Å². The van der Waals surface area contributed by atoms with Crippen LogP contribution in [0.15, 0.2) is 375 Å². The number of fused-ring (bicyclic) bond motifs is 15. The molecule has 16 heteroatoms. The van der Waals surface area contributed by atoms with E-state index in [1.54, 1.807) is 6.07 Å². The molecule has 142 heavy (non-hydrogen) atoms. The number of nitrogens with zero attached hydrogens (tertiary/aromatic N) is 10. The van der Waals surface area contributed by atoms with Gasteiger partial charge >= 0.3 is 0 Å². The van der Waals surface area contributed by atoms with Crippen molar-refractivity contribution in [2.45, 2.75) is 48.5 Å². The normalized spacial score (nSPS) is 11.1. The first-order valence-electron chi connectivity index (χ1n) is 46.7. The Labute approximate surface area is 820 Å². The minimum Gasteiger partial charge on any atom is -0.467 e. The van der Waals surface area contributed by atoms with E-state index in [0.717, 1.165) is 227 Å². The largest absolute Gasteiger partial charge is 0.467 e. The molecular weight excluding hydrogens is 1750 g/mol. The van der Waals surface area contributed by atoms with Gasteiger partial charge in [-0.25, -0.2) is 41.8 Å². The molecule has 680 valence electrons. The predicted molar refractivity (Wildman–Crippen MR) is 565 cm³/mol. The van der Waals surface area contributed by atoms with Crippen molar-refractivity contribution in [3.05, 3.63) is 443 Å². The summed E-state index contributed by atoms with van der Waals surface area (Å²) in [5, 5.41) is 29.1. The second-order valence-electron chi connectivity index (χ2n) is 35.8. The molecule has 0 saturated carbocycles. The van der Waals surface area contributed by atoms with Crippen LogP contribution in [0.3, 0.4) is 0 Å². The van der Waals surface area contributed by atoms with Crippen LogP contribution >= 0.6 is 0 Å². The van der Waals surface area contributed by atoms with Crippen molar-refractivity contribution in [3.8, 4) is 113 Å². The maximum Gasteiger partial charge on any atom is 0.264 e. The Bertz CT molecular complexity index is 9400. The van der Waals surface area contributed by atoms with Gasteiger partial charge in [0, 0.05) is 136 Å². The van der Waals surface area contributed by atoms with Crippen LogP contribution in [0.25, 0.3) is 225 Å². The molecule has 0 saturated heterocycles. The highest BCUT2D eigenvalue weighted by molar-refractivity contribution is 6.20. The lowest BCUT2D eigenvalue weighted by Crippen LogP contribution is -2.31. The van der Waals surface area contributed by atoms with Crippen molar-refractivity contribution in [2.75, 3.05) is 0 Å². The second kappa shape index (κ2) is 38.1. The van der Waals surface area contributed by atoms with E-state index in [1.807, 2.05) is 267 Å². The average Bonchev–Trinajstić information content (AvgIpc) is 1.70. The van der Waals surface area contributed by atoms with E-state index in [4.69, 9.17) is 41.8 Å². The molecule has 0 N–H and O–H groups in total. The van der Waals surface area contributed by atoms with E-state index < -0.39 is 5.82 Å². The number of halogens is 1. The molecule has 24 aromatic rings. The summed E-state index contributed by atoms with van der Waals surface area (Å²) in [7, 11) is 10.2. The fourth-order valence-electron chi connectivity index (χ4n) is 19.9. The molecule has 10 aromatic heterocycles. The van der Waals surface area contributed by atoms with Crippen molar-refractivity contribution in [2.24, 2.45) is 35.2 Å². The molecule has 0 fully saturated rings. The van der Waals surface area contributed by atoms with E-state index in [0.29, 0.717) is 33.7 Å². The Morgan fingerprint density at radius 1 is 0.268 bits per heavy atom. The number of rotatable bonds is 9. The van der Waals surface area contributed by atoms with E-state index in [-0.39, 0.29) is 5.69 Å². The molecule has 0 spiro atoms. The molecule has 24 rings (SSSR count). The van der Waals surface area contributed by atoms with Crippen molar-refractivity contribution in [3.63, 3.8) is 0 Å². The van der Waals surface area contributed by atoms with E-state index >= 15 is 0 Å². The fourth-order valence-corrected chi connectivity index (χ4v) is 19.9. The van der Waals surface area contributed by atoms with Crippen LogP contribution in [0.4, 0.5) is 21.5 Å². The van der Waals surface area contributed by atoms with Crippen LogP contribution in [0.5, 0.6) is 0 Å². The lowest BCUT2D eigenvalue weighted by molar-refractivity contribution is -0.660. The van der Waals surface area contributed by atoms with Crippen molar-refractivity contribution >= 4 is 127 Å². The van der Waals surface area contributed by atoms with Crippen molar-refractivity contribution in [1.82, 2.24) is 0 Å². The highest BCUT2D eigenvalue weighted by atomic mass is 19.1. The molecule has 0 unspecified atom stereocenters. The Kier molecular flexibility index (Phi) is 24.4. The maximum atomic E-state index is 14.0. The predicted octanol–water partition coefficient (Wildman–Crippen LogP) is 30.7. The van der Waals surface area contributed by atoms with Gasteiger partial charge in [-0.3, -0.25) is 0 Å². The zero-order chi connectivity index (χ0) is 98.4. The smallest absolute Gasteiger partial charge is 0.264 e. The van der Waals surface area contributed by atoms with Crippen LogP contribution in [0.1, 0.15) is 50.1 Å². The van der Waals surface area contributed by atoms with Gasteiger partial charge in [0.2, 0.25) is 28.5 Å². The SMILES string of the molecule is Cc1cc(C#N)c2c(oc3c(-c4ccccc4)cccc32)c1-c1cccc[n+]1C.Cc1ccc2c(oc3c(-c4ccccc4)ccc(C#N)c32)c1-c1cccc[n+]1C.[C-]#[N+]c1c(F)ccc2c1oc1ccc(C)c(-c3cc(C)c(C)c[n+]3C)c12.[C-]#[N+]c1cc(-c2ccccc2)c2oc3c(-c4cccc[n+]4C)c(C)ccc3c2c1.[C-]#[N+]c1ccc2c(oc3c(-c4cccc[n+]4C)c(C)ccc32)c1-c1ccccc1. The molecule has 0 atom stereocenters. The third-order valence-corrected chi connectivity index (χ3v) is 27.0. The number of nitriles is 2. The first-order valence-corrected chi connectivity index (χ1v) is 46.7. The third-order valence-electron chi connectivity index (χ3n) is 27.0. The molecule has 14 aromatic carbocycles. The standard InChI is InChI=1S/4C26H19N2O.C22H18FN2O/c1-17-12-13-19-20-14-15-21(27-2)24(18-9-5-4-6-10-18)26(20)29-25(19)23(17)22-11-7-8-16-28(22)3;1-17-12-13-20-22-16-19(27-2)15-21(18-9-5-4-6-10-18)25(22)29-26(20)24(17)23-11-7-8-14-28(23)3;1-17-15-19(16-27)24-21-12-8-11-20(18-9-4-3-5-10-18)25(21)29-26(24)23(17)22-13-6-7-14-28(22)2;1-17-11-13-21-24-19(16-27)12-14-20(18-8-4-3-5-9-18)25(24)29-26(21)23(17)22-10-6-7-15-28(22)2;1-12-6-9-18-20(15-7-8-16(23)21(24-4)22(15)26-18)19(12)17-10-13(2)14(3)11-25(17)5/h2*4-16H,1,3H3;2*3-15H,1-2H3;6-11H,1-3,5H3/q5*+1. The Morgan fingerprint density at radius 3 is 1.20 bits per heavy atom. The van der Waals surface area contributed by atoms with Gasteiger partial charge in [0.15, 0.2) is 47.9 Å². The summed E-state index contributed by atoms with van der Waals surface area (Å²) in [5.41, 5.74) is 36.6. The number of pyridine rings is 5. The van der Waals surface area contributed by atoms with Gasteiger partial charge < -0.3 is 22.1 Å². The van der Waals surface area contributed by atoms with Crippen LogP contribution in [0, 0.1) is 96.7 Å². The number of para-hydroxylation sites is 1. The summed E-state index contributed by atoms with van der Waals surface area (Å²) < 4.78 is 56.6. The van der Waals surface area contributed by atoms with Crippen molar-refractivity contribution < 1.29 is 49.3 Å². The zero-order valence-electron chi connectivity index (χ0n) is 80.4. The maximum absolute atomic E-state index is 14.0. The summed E-state index contributed by atoms with van der Waals surface area (Å²) >= 11 is 0. The third kappa shape index (κ3) is 16.3. The first-order chi connectivity index (χ1) is 69.1. The van der Waals surface area contributed by atoms with Crippen LogP contribution in [0.2, 0.25) is 0 Å². The van der Waals surface area contributed by atoms with Crippen molar-refractivity contribution in [1.29, 1.82) is 10.5 Å². The summed E-state index contributed by atoms with van der Waals surface area (Å²) in [4.78, 5) is 10.8. The average molecular weight is 1850 g/mol. The lowest BCUT2D eigenvalue weighted by Gasteiger charge is -2.08. The van der Waals surface area contributed by atoms with Crippen LogP contribution in [-0.2, 0) is 35.2 Å². The summed E-state index contributed by atoms with van der Waals surface area (Å²) in [6, 6.07) is 111. The van der Waals surface area contributed by atoms with Gasteiger partial charge in [0.05, 0.1) is 70.8 Å². The van der Waals surface area contributed by atoms with Crippen LogP contribution < -0.4 is 22.8 Å². The molecule has 0 bridgehead atoms. The zero-order valence-corrected chi connectivity index (χ0v) is 80.4. The second-order valence-corrected chi connectivity index (χ2v) is 35.8. The summed E-state index contributed by atoms with van der Waals surface area (Å²) in [5.74, 6) is -0.554. The number of hydrogen-bond acceptors (Lipinski definition) is 7. The Balaban J connectivity index is 0.000000109. The summed E-state index contributed by atoms with van der Waals surface area (Å²) in [6.07, 6.45) is 10.3. The van der Waals surface area contributed by atoms with Crippen LogP contribution in [-0.4, -0.2) is 0 Å². The van der Waals surface area contributed by atoms with E-state index in [2.05, 4.69) is 206 Å². The molecule has 0 radical (unpaired) electrons.